The summed E-state index contributed by atoms with van der Waals surface area (Å²) in [6.07, 6.45) is 1.32. The van der Waals surface area contributed by atoms with Crippen LogP contribution in [0.4, 0.5) is 15.9 Å². The molecule has 0 saturated carbocycles. The van der Waals surface area contributed by atoms with E-state index in [1.165, 1.54) is 29.2 Å². The predicted molar refractivity (Wildman–Crippen MR) is 133 cm³/mol. The summed E-state index contributed by atoms with van der Waals surface area (Å²) in [6.45, 7) is 5.56. The molecule has 2 N–H and O–H groups in total. The smallest absolute Gasteiger partial charge is 0.248 e. The van der Waals surface area contributed by atoms with E-state index in [9.17, 15) is 18.8 Å². The zero-order valence-corrected chi connectivity index (χ0v) is 20.0. The third kappa shape index (κ3) is 7.20. The van der Waals surface area contributed by atoms with Crippen LogP contribution in [0.15, 0.2) is 72.9 Å². The molecule has 35 heavy (non-hydrogen) atoms. The number of nitrogens with one attached hydrogen (secondary N) is 2. The Hall–Kier alpha value is -4.07. The number of carbonyl (C=O) groups is 3. The third-order valence-corrected chi connectivity index (χ3v) is 5.20. The van der Waals surface area contributed by atoms with Crippen molar-refractivity contribution in [2.24, 2.45) is 0 Å². The first-order valence-corrected chi connectivity index (χ1v) is 11.4. The molecule has 2 aromatic carbocycles. The number of hydrogen-bond donors (Lipinski definition) is 2. The maximum absolute atomic E-state index is 13.6. The van der Waals surface area contributed by atoms with Crippen LogP contribution in [0.2, 0.25) is 0 Å². The summed E-state index contributed by atoms with van der Waals surface area (Å²) in [5.41, 5.74) is 1.94. The monoisotopic (exact) mass is 476 g/mol. The van der Waals surface area contributed by atoms with Crippen molar-refractivity contribution >= 4 is 29.2 Å². The molecule has 8 heteroatoms. The Bertz CT molecular complexity index is 1150. The second-order valence-electron chi connectivity index (χ2n) is 8.48. The van der Waals surface area contributed by atoms with Gasteiger partial charge >= 0.3 is 0 Å². The van der Waals surface area contributed by atoms with E-state index in [4.69, 9.17) is 0 Å². The van der Waals surface area contributed by atoms with E-state index in [1.54, 1.807) is 36.5 Å². The molecular weight excluding hydrogens is 447 g/mol. The lowest BCUT2D eigenvalue weighted by molar-refractivity contribution is -0.127. The zero-order valence-electron chi connectivity index (χ0n) is 20.0. The number of benzene rings is 2. The highest BCUT2D eigenvalue weighted by Crippen LogP contribution is 2.30. The molecule has 3 aromatic rings. The zero-order chi connectivity index (χ0) is 25.4. The lowest BCUT2D eigenvalue weighted by Gasteiger charge is -2.32. The first-order valence-electron chi connectivity index (χ1n) is 11.4. The van der Waals surface area contributed by atoms with Crippen LogP contribution in [0, 0.1) is 12.7 Å². The number of halogens is 1. The highest BCUT2D eigenvalue weighted by molar-refractivity contribution is 6.03. The summed E-state index contributed by atoms with van der Waals surface area (Å²) in [5.74, 6) is -1.25. The second kappa shape index (κ2) is 11.9. The molecule has 182 valence electrons. The van der Waals surface area contributed by atoms with Gasteiger partial charge in [-0.05, 0) is 62.7 Å². The maximum atomic E-state index is 13.6. The molecule has 3 rings (SSSR count). The van der Waals surface area contributed by atoms with Gasteiger partial charge in [-0.1, -0.05) is 35.9 Å². The third-order valence-electron chi connectivity index (χ3n) is 5.20. The Balaban J connectivity index is 1.92. The van der Waals surface area contributed by atoms with Gasteiger partial charge in [0, 0.05) is 30.8 Å². The SMILES string of the molecule is Cc1ccc(N(C(=O)CCC(=O)Nc2ccccn2)[C@H](C(=O)NC(C)C)c2ccc(F)cc2)cc1. The number of aryl methyl sites for hydroxylation is 1. The van der Waals surface area contributed by atoms with E-state index < -0.39 is 23.7 Å². The maximum Gasteiger partial charge on any atom is 0.248 e. The largest absolute Gasteiger partial charge is 0.352 e. The summed E-state index contributed by atoms with van der Waals surface area (Å²) in [5, 5.41) is 5.51. The number of hydrogen-bond acceptors (Lipinski definition) is 4. The van der Waals surface area contributed by atoms with Crippen molar-refractivity contribution in [3.63, 3.8) is 0 Å². The molecule has 1 aromatic heterocycles. The summed E-state index contributed by atoms with van der Waals surface area (Å²) in [6, 6.07) is 16.6. The molecule has 0 bridgehead atoms. The highest BCUT2D eigenvalue weighted by Gasteiger charge is 2.33. The standard InChI is InChI=1S/C27H29FN4O3/c1-18(2)30-27(35)26(20-9-11-21(28)12-10-20)32(22-13-7-19(3)8-14-22)25(34)16-15-24(33)31-23-6-4-5-17-29-23/h4-14,17-18,26H,15-16H2,1-3H3,(H,30,35)(H,29,31,33)/t26-/m0/s1. The number of nitrogens with zero attached hydrogens (tertiary/aromatic N) is 2. The molecule has 7 nitrogen and oxygen atoms in total. The average molecular weight is 477 g/mol. The first kappa shape index (κ1) is 25.6. The minimum absolute atomic E-state index is 0.0975. The summed E-state index contributed by atoms with van der Waals surface area (Å²) < 4.78 is 13.6. The Morgan fingerprint density at radius 2 is 1.63 bits per heavy atom. The highest BCUT2D eigenvalue weighted by atomic mass is 19.1. The van der Waals surface area contributed by atoms with Gasteiger partial charge in [0.2, 0.25) is 17.7 Å². The topological polar surface area (TPSA) is 91.4 Å². The Kier molecular flexibility index (Phi) is 8.67. The van der Waals surface area contributed by atoms with Crippen LogP contribution in [0.5, 0.6) is 0 Å². The molecule has 0 saturated heterocycles. The normalized spacial score (nSPS) is 11.6. The van der Waals surface area contributed by atoms with Crippen LogP contribution >= 0.6 is 0 Å². The fourth-order valence-corrected chi connectivity index (χ4v) is 3.55. The van der Waals surface area contributed by atoms with Crippen molar-refractivity contribution in [1.82, 2.24) is 10.3 Å². The molecule has 3 amide bonds. The number of rotatable bonds is 9. The van der Waals surface area contributed by atoms with Gasteiger partial charge in [0.05, 0.1) is 0 Å². The van der Waals surface area contributed by atoms with E-state index >= 15 is 0 Å². The van der Waals surface area contributed by atoms with Gasteiger partial charge in [-0.15, -0.1) is 0 Å². The van der Waals surface area contributed by atoms with E-state index in [0.29, 0.717) is 17.1 Å². The van der Waals surface area contributed by atoms with Crippen molar-refractivity contribution < 1.29 is 18.8 Å². The average Bonchev–Trinajstić information content (AvgIpc) is 2.82. The van der Waals surface area contributed by atoms with Crippen molar-refractivity contribution in [2.45, 2.75) is 45.7 Å². The first-order chi connectivity index (χ1) is 16.7. The van der Waals surface area contributed by atoms with Crippen molar-refractivity contribution in [3.05, 3.63) is 89.9 Å². The van der Waals surface area contributed by atoms with E-state index in [1.807, 2.05) is 32.9 Å². The molecule has 1 atom stereocenters. The van der Waals surface area contributed by atoms with Gasteiger partial charge < -0.3 is 10.6 Å². The van der Waals surface area contributed by atoms with Gasteiger partial charge in [0.1, 0.15) is 17.7 Å². The van der Waals surface area contributed by atoms with Crippen molar-refractivity contribution in [1.29, 1.82) is 0 Å². The fraction of sp³-hybridized carbons (Fsp3) is 0.259. The second-order valence-corrected chi connectivity index (χ2v) is 8.48. The number of anilines is 2. The molecule has 0 aliphatic heterocycles. The van der Waals surface area contributed by atoms with E-state index in [-0.39, 0.29) is 24.8 Å². The lowest BCUT2D eigenvalue weighted by Crippen LogP contribution is -2.46. The molecule has 0 radical (unpaired) electrons. The Labute approximate surface area is 204 Å². The van der Waals surface area contributed by atoms with Crippen LogP contribution in [-0.4, -0.2) is 28.7 Å². The van der Waals surface area contributed by atoms with Crippen LogP contribution in [0.1, 0.15) is 43.9 Å². The van der Waals surface area contributed by atoms with E-state index in [2.05, 4.69) is 15.6 Å². The van der Waals surface area contributed by atoms with E-state index in [0.717, 1.165) is 5.56 Å². The molecule has 0 fully saturated rings. The van der Waals surface area contributed by atoms with Crippen molar-refractivity contribution in [2.75, 3.05) is 10.2 Å². The Morgan fingerprint density at radius 3 is 2.23 bits per heavy atom. The number of pyridine rings is 1. The van der Waals surface area contributed by atoms with Gasteiger partial charge in [-0.3, -0.25) is 19.3 Å². The molecule has 0 spiro atoms. The fourth-order valence-electron chi connectivity index (χ4n) is 3.55. The minimum Gasteiger partial charge on any atom is -0.352 e. The number of amides is 3. The van der Waals surface area contributed by atoms with Crippen LogP contribution in [0.25, 0.3) is 0 Å². The van der Waals surface area contributed by atoms with Crippen molar-refractivity contribution in [3.8, 4) is 0 Å². The van der Waals surface area contributed by atoms with Gasteiger partial charge in [-0.2, -0.15) is 0 Å². The quantitative estimate of drug-likeness (QED) is 0.474. The van der Waals surface area contributed by atoms with Gasteiger partial charge in [0.25, 0.3) is 0 Å². The summed E-state index contributed by atoms with van der Waals surface area (Å²) >= 11 is 0. The summed E-state index contributed by atoms with van der Waals surface area (Å²) in [4.78, 5) is 44.7. The van der Waals surface area contributed by atoms with Crippen LogP contribution in [-0.2, 0) is 14.4 Å². The summed E-state index contributed by atoms with van der Waals surface area (Å²) in [7, 11) is 0. The number of carbonyl (C=O) groups excluding carboxylic acids is 3. The number of aromatic nitrogens is 1. The van der Waals surface area contributed by atoms with Gasteiger partial charge in [0.15, 0.2) is 0 Å². The molecule has 0 aliphatic rings. The van der Waals surface area contributed by atoms with Gasteiger partial charge in [-0.25, -0.2) is 9.37 Å². The lowest BCUT2D eigenvalue weighted by atomic mass is 10.0. The Morgan fingerprint density at radius 1 is 0.943 bits per heavy atom. The van der Waals surface area contributed by atoms with Crippen LogP contribution < -0.4 is 15.5 Å². The van der Waals surface area contributed by atoms with Crippen LogP contribution in [0.3, 0.4) is 0 Å². The molecule has 0 unspecified atom stereocenters. The molecule has 1 heterocycles. The molecule has 0 aliphatic carbocycles. The predicted octanol–water partition coefficient (Wildman–Crippen LogP) is 4.55. The minimum atomic E-state index is -1.05. The molecular formula is C27H29FN4O3.